The van der Waals surface area contributed by atoms with E-state index in [1.807, 2.05) is 25.1 Å². The molecule has 21 heavy (non-hydrogen) atoms. The molecule has 1 rings (SSSR count). The van der Waals surface area contributed by atoms with Gasteiger partial charge in [0.2, 0.25) is 0 Å². The van der Waals surface area contributed by atoms with Crippen molar-refractivity contribution in [2.45, 2.75) is 62.2 Å². The van der Waals surface area contributed by atoms with Gasteiger partial charge in [0, 0.05) is 0 Å². The molecule has 1 aromatic rings. The molecule has 0 unspecified atom stereocenters. The van der Waals surface area contributed by atoms with Crippen LogP contribution in [0.25, 0.3) is 0 Å². The van der Waals surface area contributed by atoms with Crippen LogP contribution < -0.4 is 0 Å². The summed E-state index contributed by atoms with van der Waals surface area (Å²) in [6.45, 7) is 6.28. The average Bonchev–Trinajstić information content (AvgIpc) is 2.46. The van der Waals surface area contributed by atoms with Gasteiger partial charge in [0.05, 0.1) is 0 Å². The summed E-state index contributed by atoms with van der Waals surface area (Å²) in [5, 5.41) is 0. The third kappa shape index (κ3) is 6.15. The Hall–Kier alpha value is -0.291. The molecule has 0 heterocycles. The molecule has 0 N–H and O–H groups in total. The van der Waals surface area contributed by atoms with Gasteiger partial charge in [-0.2, -0.15) is 0 Å². The normalized spacial score (nSPS) is 12.6. The Labute approximate surface area is 140 Å². The van der Waals surface area contributed by atoms with E-state index in [1.54, 1.807) is 12.1 Å². The molecule has 0 saturated heterocycles. The van der Waals surface area contributed by atoms with Gasteiger partial charge in [-0.15, -0.1) is 0 Å². The first-order valence-corrected chi connectivity index (χ1v) is 12.7. The third-order valence-electron chi connectivity index (χ3n) is 3.34. The van der Waals surface area contributed by atoms with Crippen molar-refractivity contribution in [3.8, 4) is 0 Å². The van der Waals surface area contributed by atoms with Crippen LogP contribution in [0.2, 0.25) is 4.44 Å². The molecule has 0 bridgehead atoms. The Morgan fingerprint density at radius 3 is 2.29 bits per heavy atom. The summed E-state index contributed by atoms with van der Waals surface area (Å²) in [5.74, 6) is 0. The molecule has 2 radical (unpaired) electrons. The van der Waals surface area contributed by atoms with Crippen LogP contribution in [0.1, 0.15) is 51.5 Å². The molecule has 0 spiro atoms. The number of allylic oxidation sites excluding steroid dienone is 1. The van der Waals surface area contributed by atoms with E-state index >= 15 is 0 Å². The van der Waals surface area contributed by atoms with Crippen molar-refractivity contribution in [3.05, 3.63) is 38.8 Å². The van der Waals surface area contributed by atoms with Crippen LogP contribution in [0.4, 0.5) is 0 Å². The van der Waals surface area contributed by atoms with Crippen LogP contribution in [0.5, 0.6) is 0 Å². The topological polar surface area (TPSA) is 34.1 Å². The van der Waals surface area contributed by atoms with Gasteiger partial charge in [-0.3, -0.25) is 0 Å². The number of sulfone groups is 1. The van der Waals surface area contributed by atoms with E-state index in [0.717, 1.165) is 45.0 Å². The summed E-state index contributed by atoms with van der Waals surface area (Å²) in [5.41, 5.74) is 1.09. The summed E-state index contributed by atoms with van der Waals surface area (Å²) in [6.07, 6.45) is 7.38. The predicted octanol–water partition coefficient (Wildman–Crippen LogP) is 4.72. The number of benzene rings is 1. The first-order chi connectivity index (χ1) is 10.0. The number of hydrogen-bond acceptors (Lipinski definition) is 2. The van der Waals surface area contributed by atoms with E-state index in [1.165, 1.54) is 0 Å². The second kappa shape index (κ2) is 9.67. The second-order valence-electron chi connectivity index (χ2n) is 5.31. The molecular formula is C17H26O2SSn. The van der Waals surface area contributed by atoms with Crippen molar-refractivity contribution in [1.82, 2.24) is 0 Å². The Kier molecular flexibility index (Phi) is 8.64. The molecule has 0 saturated carbocycles. The minimum atomic E-state index is -3.24. The number of rotatable bonds is 9. The maximum atomic E-state index is 12.8. The van der Waals surface area contributed by atoms with Crippen LogP contribution in [0.15, 0.2) is 38.2 Å². The van der Waals surface area contributed by atoms with Gasteiger partial charge in [0.1, 0.15) is 0 Å². The summed E-state index contributed by atoms with van der Waals surface area (Å²) in [4.78, 5) is 0.466. The van der Waals surface area contributed by atoms with Gasteiger partial charge in [0.25, 0.3) is 0 Å². The van der Waals surface area contributed by atoms with Crippen LogP contribution in [0.3, 0.4) is 0 Å². The molecule has 0 aliphatic rings. The predicted molar refractivity (Wildman–Crippen MR) is 91.4 cm³/mol. The fraction of sp³-hybridized carbons (Fsp3) is 0.529. The van der Waals surface area contributed by atoms with Gasteiger partial charge in [-0.05, 0) is 0 Å². The zero-order valence-electron chi connectivity index (χ0n) is 13.4. The number of unbranched alkanes of at least 4 members (excludes halogenated alkanes) is 3. The molecule has 0 atom stereocenters. The van der Waals surface area contributed by atoms with Gasteiger partial charge in [-0.25, -0.2) is 0 Å². The molecule has 1 aromatic carbocycles. The van der Waals surface area contributed by atoms with E-state index in [0.29, 0.717) is 4.90 Å². The summed E-state index contributed by atoms with van der Waals surface area (Å²) < 4.78 is 27.5. The van der Waals surface area contributed by atoms with Gasteiger partial charge < -0.3 is 0 Å². The Bertz CT molecular complexity index is 545. The quantitative estimate of drug-likeness (QED) is 0.434. The molecule has 2 nitrogen and oxygen atoms in total. The SMILES string of the molecule is CCCC/C=[C](/[Sn][CH2]CCC)S(=O)(=O)c1ccc(C)cc1. The molecule has 0 aliphatic carbocycles. The van der Waals surface area contributed by atoms with Crippen LogP contribution in [0, 0.1) is 6.92 Å². The van der Waals surface area contributed by atoms with Crippen molar-refractivity contribution in [1.29, 1.82) is 0 Å². The molecule has 0 amide bonds. The summed E-state index contributed by atoms with van der Waals surface area (Å²) in [6, 6.07) is 7.26. The molecule has 0 aromatic heterocycles. The fourth-order valence-corrected chi connectivity index (χ4v) is 9.58. The van der Waals surface area contributed by atoms with Crippen molar-refractivity contribution in [2.24, 2.45) is 0 Å². The van der Waals surface area contributed by atoms with Crippen molar-refractivity contribution in [2.75, 3.05) is 0 Å². The summed E-state index contributed by atoms with van der Waals surface area (Å²) >= 11 is -1.00. The van der Waals surface area contributed by atoms with Gasteiger partial charge in [-0.1, -0.05) is 0 Å². The Balaban J connectivity index is 2.98. The maximum absolute atomic E-state index is 12.8. The van der Waals surface area contributed by atoms with Gasteiger partial charge >= 0.3 is 140 Å². The van der Waals surface area contributed by atoms with Crippen LogP contribution >= 0.6 is 0 Å². The van der Waals surface area contributed by atoms with Crippen molar-refractivity contribution < 1.29 is 8.42 Å². The van der Waals surface area contributed by atoms with E-state index in [2.05, 4.69) is 13.8 Å². The average molecular weight is 413 g/mol. The van der Waals surface area contributed by atoms with Gasteiger partial charge in [0.15, 0.2) is 0 Å². The number of aryl methyl sites for hydroxylation is 1. The fourth-order valence-electron chi connectivity index (χ4n) is 1.95. The van der Waals surface area contributed by atoms with Crippen LogP contribution in [-0.4, -0.2) is 29.6 Å². The molecule has 116 valence electrons. The first-order valence-electron chi connectivity index (χ1n) is 7.78. The molecular weight excluding hydrogens is 387 g/mol. The molecule has 0 fully saturated rings. The zero-order chi connectivity index (χ0) is 15.7. The van der Waals surface area contributed by atoms with Crippen LogP contribution in [-0.2, 0) is 9.84 Å². The second-order valence-corrected chi connectivity index (χ2v) is 12.2. The Morgan fingerprint density at radius 1 is 1.10 bits per heavy atom. The first kappa shape index (κ1) is 18.8. The molecule has 4 heteroatoms. The van der Waals surface area contributed by atoms with Crippen molar-refractivity contribution >= 4 is 31.0 Å². The van der Waals surface area contributed by atoms with E-state index < -0.39 is 31.0 Å². The monoisotopic (exact) mass is 414 g/mol. The van der Waals surface area contributed by atoms with Crippen molar-refractivity contribution in [3.63, 3.8) is 0 Å². The van der Waals surface area contributed by atoms with E-state index in [-0.39, 0.29) is 0 Å². The van der Waals surface area contributed by atoms with E-state index in [9.17, 15) is 8.42 Å². The standard InChI is InChI=1S/C13H17O2S.C4H9.Sn/c1-3-4-5-6-11-16(14,15)13-9-7-12(2)8-10-13;1-3-4-2;/h6-10H,3-5H2,1-2H3;1,3-4H2,2H3;. The number of hydrogen-bond donors (Lipinski definition) is 0. The van der Waals surface area contributed by atoms with E-state index in [4.69, 9.17) is 0 Å². The Morgan fingerprint density at radius 2 is 1.71 bits per heavy atom. The summed E-state index contributed by atoms with van der Waals surface area (Å²) in [7, 11) is -3.24. The zero-order valence-corrected chi connectivity index (χ0v) is 17.0. The molecule has 0 aliphatic heterocycles. The minimum absolute atomic E-state index is 0.466. The third-order valence-corrected chi connectivity index (χ3v) is 11.5.